The van der Waals surface area contributed by atoms with Gasteiger partial charge in [-0.1, -0.05) is 48.2 Å². The van der Waals surface area contributed by atoms with E-state index in [0.717, 1.165) is 22.1 Å². The van der Waals surface area contributed by atoms with Crippen LogP contribution in [0.2, 0.25) is 0 Å². The predicted molar refractivity (Wildman–Crippen MR) is 134 cm³/mol. The van der Waals surface area contributed by atoms with Crippen LogP contribution in [0, 0.1) is 0 Å². The maximum absolute atomic E-state index is 13.1. The highest BCUT2D eigenvalue weighted by atomic mass is 32.2. The number of aliphatic imine (C=N–C) groups is 1. The summed E-state index contributed by atoms with van der Waals surface area (Å²) in [4.78, 5) is 36.8. The molecule has 1 amide bonds. The molecule has 0 radical (unpaired) electrons. The molecule has 3 heterocycles. The Bertz CT molecular complexity index is 1140. The lowest BCUT2D eigenvalue weighted by Crippen LogP contribution is -2.38. The van der Waals surface area contributed by atoms with Crippen LogP contribution >= 0.6 is 11.8 Å². The van der Waals surface area contributed by atoms with E-state index in [0.29, 0.717) is 24.2 Å². The topological polar surface area (TPSA) is 83.9 Å². The standard InChI is InChI=1S/C26H28N4O3S/c1-17(2)33-25(32)23-18(3)29-26-30(24(23)19-9-5-4-6-10-19)21(16-34-26)15-22(31)28-14-12-20-11-7-8-13-27-20/h4-11,13,16-17,24H,12,14-15H2,1-3H3,(H,28,31). The van der Waals surface area contributed by atoms with Gasteiger partial charge in [0.25, 0.3) is 0 Å². The van der Waals surface area contributed by atoms with Crippen molar-refractivity contribution in [2.75, 3.05) is 6.54 Å². The molecule has 8 heteroatoms. The molecular weight excluding hydrogens is 448 g/mol. The third-order valence-corrected chi connectivity index (χ3v) is 6.34. The van der Waals surface area contributed by atoms with Crippen molar-refractivity contribution in [2.24, 2.45) is 4.99 Å². The van der Waals surface area contributed by atoms with Crippen molar-refractivity contribution in [1.29, 1.82) is 0 Å². The Morgan fingerprint density at radius 1 is 1.15 bits per heavy atom. The van der Waals surface area contributed by atoms with Crippen molar-refractivity contribution < 1.29 is 14.3 Å². The molecule has 2 aliphatic heterocycles. The SMILES string of the molecule is CC1=C(C(=O)OC(C)C)C(c2ccccc2)N2C(CC(=O)NCCc3ccccn3)=CSC2=N1. The zero-order valence-corrected chi connectivity index (χ0v) is 20.3. The highest BCUT2D eigenvalue weighted by Crippen LogP contribution is 2.44. The number of hydrogen-bond donors (Lipinski definition) is 1. The van der Waals surface area contributed by atoms with Crippen LogP contribution in [0.5, 0.6) is 0 Å². The Balaban J connectivity index is 1.54. The number of amides is 1. The van der Waals surface area contributed by atoms with Crippen molar-refractivity contribution in [3.05, 3.63) is 88.4 Å². The predicted octanol–water partition coefficient (Wildman–Crippen LogP) is 4.36. The number of carbonyl (C=O) groups excluding carboxylic acids is 2. The van der Waals surface area contributed by atoms with Crippen LogP contribution in [-0.2, 0) is 20.7 Å². The van der Waals surface area contributed by atoms with Crippen LogP contribution in [0.4, 0.5) is 0 Å². The number of pyridine rings is 1. The number of allylic oxidation sites excluding steroid dienone is 1. The fraction of sp³-hybridized carbons (Fsp3) is 0.308. The summed E-state index contributed by atoms with van der Waals surface area (Å²) in [5.74, 6) is -0.478. The lowest BCUT2D eigenvalue weighted by Gasteiger charge is -2.36. The van der Waals surface area contributed by atoms with Crippen LogP contribution in [-0.4, -0.2) is 39.6 Å². The van der Waals surface area contributed by atoms with Crippen molar-refractivity contribution >= 4 is 28.8 Å². The first-order valence-corrected chi connectivity index (χ1v) is 12.2. The molecule has 4 rings (SSSR count). The number of carbonyl (C=O) groups is 2. The third-order valence-electron chi connectivity index (χ3n) is 5.45. The third kappa shape index (κ3) is 5.39. The number of fused-ring (bicyclic) bond motifs is 1. The largest absolute Gasteiger partial charge is 0.459 e. The van der Waals surface area contributed by atoms with Crippen LogP contribution in [0.3, 0.4) is 0 Å². The summed E-state index contributed by atoms with van der Waals surface area (Å²) in [5.41, 5.74) is 3.80. The number of thioether (sulfide) groups is 1. The van der Waals surface area contributed by atoms with Crippen molar-refractivity contribution in [3.8, 4) is 0 Å². The molecule has 0 saturated heterocycles. The minimum Gasteiger partial charge on any atom is -0.459 e. The van der Waals surface area contributed by atoms with Gasteiger partial charge < -0.3 is 15.0 Å². The molecule has 7 nitrogen and oxygen atoms in total. The van der Waals surface area contributed by atoms with Crippen LogP contribution in [0.15, 0.2) is 82.1 Å². The second-order valence-electron chi connectivity index (χ2n) is 8.36. The fourth-order valence-corrected chi connectivity index (χ4v) is 4.93. The Morgan fingerprint density at radius 2 is 1.91 bits per heavy atom. The second kappa shape index (κ2) is 10.7. The van der Waals surface area contributed by atoms with Gasteiger partial charge in [-0.15, -0.1) is 0 Å². The number of hydrogen-bond acceptors (Lipinski definition) is 7. The Hall–Kier alpha value is -3.39. The molecule has 34 heavy (non-hydrogen) atoms. The summed E-state index contributed by atoms with van der Waals surface area (Å²) >= 11 is 1.46. The molecule has 1 aromatic carbocycles. The van der Waals surface area contributed by atoms with Gasteiger partial charge in [-0.25, -0.2) is 9.79 Å². The first-order valence-electron chi connectivity index (χ1n) is 11.3. The summed E-state index contributed by atoms with van der Waals surface area (Å²) in [7, 11) is 0. The molecule has 0 fully saturated rings. The van der Waals surface area contributed by atoms with Gasteiger partial charge in [0.15, 0.2) is 5.17 Å². The maximum atomic E-state index is 13.1. The Labute approximate surface area is 204 Å². The number of rotatable bonds is 8. The number of aromatic nitrogens is 1. The minimum absolute atomic E-state index is 0.0894. The minimum atomic E-state index is -0.414. The van der Waals surface area contributed by atoms with Gasteiger partial charge in [-0.2, -0.15) is 0 Å². The first kappa shape index (κ1) is 23.8. The first-order chi connectivity index (χ1) is 16.4. The number of nitrogens with zero attached hydrogens (tertiary/aromatic N) is 3. The van der Waals surface area contributed by atoms with Crippen LogP contribution in [0.1, 0.15) is 44.5 Å². The quantitative estimate of drug-likeness (QED) is 0.570. The molecule has 0 saturated carbocycles. The lowest BCUT2D eigenvalue weighted by molar-refractivity contribution is -0.143. The molecule has 176 valence electrons. The lowest BCUT2D eigenvalue weighted by atomic mass is 9.94. The maximum Gasteiger partial charge on any atom is 0.338 e. The average molecular weight is 477 g/mol. The summed E-state index contributed by atoms with van der Waals surface area (Å²) in [6.45, 7) is 5.99. The molecule has 2 aliphatic rings. The van der Waals surface area contributed by atoms with Gasteiger partial charge in [-0.3, -0.25) is 9.78 Å². The zero-order chi connectivity index (χ0) is 24.1. The van der Waals surface area contributed by atoms with Gasteiger partial charge in [0.1, 0.15) is 0 Å². The van der Waals surface area contributed by atoms with E-state index in [2.05, 4.69) is 15.3 Å². The van der Waals surface area contributed by atoms with E-state index in [1.807, 2.05) is 79.6 Å². The Kier molecular flexibility index (Phi) is 7.47. The van der Waals surface area contributed by atoms with Crippen LogP contribution < -0.4 is 5.32 Å². The number of nitrogens with one attached hydrogen (secondary N) is 1. The smallest absolute Gasteiger partial charge is 0.338 e. The second-order valence-corrected chi connectivity index (χ2v) is 9.19. The molecule has 0 aliphatic carbocycles. The van der Waals surface area contributed by atoms with Gasteiger partial charge in [0.2, 0.25) is 5.91 Å². The Morgan fingerprint density at radius 3 is 2.62 bits per heavy atom. The van der Waals surface area contributed by atoms with Crippen molar-refractivity contribution in [3.63, 3.8) is 0 Å². The molecule has 2 aromatic rings. The summed E-state index contributed by atoms with van der Waals surface area (Å²) in [6.07, 6.45) is 2.35. The fourth-order valence-electron chi connectivity index (χ4n) is 3.96. The molecule has 0 bridgehead atoms. The summed E-state index contributed by atoms with van der Waals surface area (Å²) in [6, 6.07) is 15.1. The highest BCUT2D eigenvalue weighted by Gasteiger charge is 2.41. The van der Waals surface area contributed by atoms with Gasteiger partial charge in [-0.05, 0) is 43.9 Å². The van der Waals surface area contributed by atoms with E-state index in [1.54, 1.807) is 6.20 Å². The van der Waals surface area contributed by atoms with Crippen LogP contribution in [0.25, 0.3) is 0 Å². The molecule has 0 spiro atoms. The van der Waals surface area contributed by atoms with Gasteiger partial charge >= 0.3 is 5.97 Å². The number of benzene rings is 1. The number of esters is 1. The summed E-state index contributed by atoms with van der Waals surface area (Å²) in [5, 5.41) is 5.67. The van der Waals surface area contributed by atoms with E-state index in [9.17, 15) is 9.59 Å². The average Bonchev–Trinajstić information content (AvgIpc) is 3.20. The highest BCUT2D eigenvalue weighted by molar-refractivity contribution is 8.16. The van der Waals surface area contributed by atoms with Crippen molar-refractivity contribution in [2.45, 2.75) is 45.8 Å². The molecular formula is C26H28N4O3S. The normalized spacial score (nSPS) is 17.3. The molecule has 1 atom stereocenters. The molecule has 1 unspecified atom stereocenters. The van der Waals surface area contributed by atoms with E-state index < -0.39 is 6.04 Å². The number of amidine groups is 1. The van der Waals surface area contributed by atoms with Crippen molar-refractivity contribution in [1.82, 2.24) is 15.2 Å². The van der Waals surface area contributed by atoms with E-state index in [1.165, 1.54) is 11.8 Å². The monoisotopic (exact) mass is 476 g/mol. The zero-order valence-electron chi connectivity index (χ0n) is 19.5. The van der Waals surface area contributed by atoms with Gasteiger partial charge in [0.05, 0.1) is 29.8 Å². The number of ether oxygens (including phenoxy) is 1. The van der Waals surface area contributed by atoms with Gasteiger partial charge in [0, 0.05) is 30.6 Å². The molecule has 1 N–H and O–H groups in total. The van der Waals surface area contributed by atoms with E-state index >= 15 is 0 Å². The van der Waals surface area contributed by atoms with E-state index in [-0.39, 0.29) is 24.4 Å². The molecule has 1 aromatic heterocycles. The van der Waals surface area contributed by atoms with E-state index in [4.69, 9.17) is 4.74 Å². The summed E-state index contributed by atoms with van der Waals surface area (Å²) < 4.78 is 5.57.